The average Bonchev–Trinajstić information content (AvgIpc) is 2.70. The van der Waals surface area contributed by atoms with E-state index in [4.69, 9.17) is 11.6 Å². The first-order chi connectivity index (χ1) is 13.2. The van der Waals surface area contributed by atoms with Gasteiger partial charge in [0.05, 0.1) is 6.54 Å². The molecule has 1 amide bonds. The molecule has 0 saturated carbocycles. The highest BCUT2D eigenvalue weighted by atomic mass is 35.5. The fourth-order valence-corrected chi connectivity index (χ4v) is 3.22. The predicted molar refractivity (Wildman–Crippen MR) is 112 cm³/mol. The minimum Gasteiger partial charge on any atom is -0.351 e. The van der Waals surface area contributed by atoms with Gasteiger partial charge < -0.3 is 5.32 Å². The monoisotopic (exact) mass is 383 g/mol. The third-order valence-corrected chi connectivity index (χ3v) is 4.96. The SMILES string of the molecule is O=C(CN1CCN(CC=Cc2ccc(Cl)cc2)CC1)NCc1ccccc1. The van der Waals surface area contributed by atoms with Gasteiger partial charge in [-0.25, -0.2) is 0 Å². The van der Waals surface area contributed by atoms with Crippen molar-refractivity contribution in [3.8, 4) is 0 Å². The summed E-state index contributed by atoms with van der Waals surface area (Å²) in [4.78, 5) is 16.8. The molecule has 3 rings (SSSR count). The minimum absolute atomic E-state index is 0.0925. The molecule has 0 bridgehead atoms. The fourth-order valence-electron chi connectivity index (χ4n) is 3.10. The standard InChI is InChI=1S/C22H26ClN3O/c23-21-10-8-19(9-11-21)7-4-12-25-13-15-26(16-14-25)18-22(27)24-17-20-5-2-1-3-6-20/h1-11H,12-18H2,(H,24,27). The van der Waals surface area contributed by atoms with E-state index in [2.05, 4.69) is 27.3 Å². The molecule has 0 radical (unpaired) electrons. The van der Waals surface area contributed by atoms with E-state index in [1.54, 1.807) is 0 Å². The van der Waals surface area contributed by atoms with Crippen LogP contribution in [0.3, 0.4) is 0 Å². The van der Waals surface area contributed by atoms with Crippen LogP contribution in [0.1, 0.15) is 11.1 Å². The Kier molecular flexibility index (Phi) is 7.45. The number of benzene rings is 2. The van der Waals surface area contributed by atoms with Gasteiger partial charge >= 0.3 is 0 Å². The van der Waals surface area contributed by atoms with Crippen molar-refractivity contribution in [2.45, 2.75) is 6.54 Å². The van der Waals surface area contributed by atoms with Crippen LogP contribution in [-0.4, -0.2) is 55.0 Å². The Hall–Kier alpha value is -2.14. The summed E-state index contributed by atoms with van der Waals surface area (Å²) in [7, 11) is 0. The van der Waals surface area contributed by atoms with Crippen LogP contribution in [0.2, 0.25) is 5.02 Å². The molecule has 1 N–H and O–H groups in total. The number of nitrogens with zero attached hydrogens (tertiary/aromatic N) is 2. The highest BCUT2D eigenvalue weighted by Gasteiger charge is 2.17. The Morgan fingerprint density at radius 2 is 1.63 bits per heavy atom. The van der Waals surface area contributed by atoms with Crippen LogP contribution >= 0.6 is 11.6 Å². The van der Waals surface area contributed by atoms with Crippen LogP contribution in [0.15, 0.2) is 60.7 Å². The molecule has 2 aromatic rings. The second-order valence-corrected chi connectivity index (χ2v) is 7.23. The molecule has 1 heterocycles. The molecular formula is C22H26ClN3O. The Balaban J connectivity index is 1.33. The van der Waals surface area contributed by atoms with Gasteiger partial charge in [0, 0.05) is 44.3 Å². The van der Waals surface area contributed by atoms with Crippen molar-refractivity contribution in [2.24, 2.45) is 0 Å². The van der Waals surface area contributed by atoms with Crippen LogP contribution in [0.4, 0.5) is 0 Å². The first-order valence-corrected chi connectivity index (χ1v) is 9.74. The summed E-state index contributed by atoms with van der Waals surface area (Å²) in [6.45, 7) is 5.81. The van der Waals surface area contributed by atoms with Gasteiger partial charge in [0.25, 0.3) is 0 Å². The summed E-state index contributed by atoms with van der Waals surface area (Å²) >= 11 is 5.90. The largest absolute Gasteiger partial charge is 0.351 e. The number of carbonyl (C=O) groups excluding carboxylic acids is 1. The third-order valence-electron chi connectivity index (χ3n) is 4.71. The van der Waals surface area contributed by atoms with Crippen molar-refractivity contribution < 1.29 is 4.79 Å². The molecule has 0 atom stereocenters. The maximum absolute atomic E-state index is 12.1. The number of amides is 1. The Labute approximate surface area is 166 Å². The minimum atomic E-state index is 0.0925. The van der Waals surface area contributed by atoms with E-state index in [1.165, 1.54) is 0 Å². The van der Waals surface area contributed by atoms with Crippen molar-refractivity contribution in [1.82, 2.24) is 15.1 Å². The lowest BCUT2D eigenvalue weighted by molar-refractivity contribution is -0.122. The van der Waals surface area contributed by atoms with Crippen molar-refractivity contribution in [3.05, 3.63) is 76.8 Å². The van der Waals surface area contributed by atoms with Gasteiger partial charge in [-0.3, -0.25) is 14.6 Å². The number of rotatable bonds is 7. The first kappa shape index (κ1) is 19.6. The first-order valence-electron chi connectivity index (χ1n) is 9.36. The van der Waals surface area contributed by atoms with Crippen molar-refractivity contribution in [2.75, 3.05) is 39.3 Å². The average molecular weight is 384 g/mol. The van der Waals surface area contributed by atoms with Crippen LogP contribution in [0.25, 0.3) is 6.08 Å². The lowest BCUT2D eigenvalue weighted by Gasteiger charge is -2.33. The topological polar surface area (TPSA) is 35.6 Å². The lowest BCUT2D eigenvalue weighted by atomic mass is 10.2. The second-order valence-electron chi connectivity index (χ2n) is 6.79. The zero-order chi connectivity index (χ0) is 18.9. The van der Waals surface area contributed by atoms with E-state index in [0.29, 0.717) is 13.1 Å². The quantitative estimate of drug-likeness (QED) is 0.796. The highest BCUT2D eigenvalue weighted by molar-refractivity contribution is 6.30. The fraction of sp³-hybridized carbons (Fsp3) is 0.318. The Morgan fingerprint density at radius 3 is 2.33 bits per heavy atom. The smallest absolute Gasteiger partial charge is 0.234 e. The molecule has 1 fully saturated rings. The number of nitrogens with one attached hydrogen (secondary N) is 1. The van der Waals surface area contributed by atoms with Gasteiger partial charge in [0.1, 0.15) is 0 Å². The molecule has 1 saturated heterocycles. The lowest BCUT2D eigenvalue weighted by Crippen LogP contribution is -2.49. The summed E-state index contributed by atoms with van der Waals surface area (Å²) in [5.74, 6) is 0.0925. The van der Waals surface area contributed by atoms with Gasteiger partial charge in [-0.15, -0.1) is 0 Å². The normalized spacial score (nSPS) is 15.9. The maximum atomic E-state index is 12.1. The summed E-state index contributed by atoms with van der Waals surface area (Å²) in [6.07, 6.45) is 4.31. The second kappa shape index (κ2) is 10.3. The van der Waals surface area contributed by atoms with Crippen LogP contribution in [-0.2, 0) is 11.3 Å². The van der Waals surface area contributed by atoms with E-state index in [-0.39, 0.29) is 5.91 Å². The summed E-state index contributed by atoms with van der Waals surface area (Å²) < 4.78 is 0. The zero-order valence-corrected chi connectivity index (χ0v) is 16.2. The van der Waals surface area contributed by atoms with E-state index in [9.17, 15) is 4.79 Å². The van der Waals surface area contributed by atoms with Gasteiger partial charge in [0.15, 0.2) is 0 Å². The molecule has 4 nitrogen and oxygen atoms in total. The van der Waals surface area contributed by atoms with E-state index >= 15 is 0 Å². The summed E-state index contributed by atoms with van der Waals surface area (Å²) in [5, 5.41) is 3.76. The number of carbonyl (C=O) groups is 1. The molecule has 0 aliphatic carbocycles. The van der Waals surface area contributed by atoms with Crippen LogP contribution < -0.4 is 5.32 Å². The predicted octanol–water partition coefficient (Wildman–Crippen LogP) is 3.29. The Morgan fingerprint density at radius 1 is 0.963 bits per heavy atom. The molecule has 0 spiro atoms. The Bertz CT molecular complexity index is 738. The summed E-state index contributed by atoms with van der Waals surface area (Å²) in [5.41, 5.74) is 2.29. The van der Waals surface area contributed by atoms with Gasteiger partial charge in [0.2, 0.25) is 5.91 Å². The molecule has 1 aliphatic heterocycles. The highest BCUT2D eigenvalue weighted by Crippen LogP contribution is 2.11. The molecule has 1 aliphatic rings. The molecule has 0 unspecified atom stereocenters. The molecule has 142 valence electrons. The molecule has 0 aromatic heterocycles. The molecular weight excluding hydrogens is 358 g/mol. The number of hydrogen-bond acceptors (Lipinski definition) is 3. The van der Waals surface area contributed by atoms with Crippen LogP contribution in [0.5, 0.6) is 0 Å². The van der Waals surface area contributed by atoms with Gasteiger partial charge in [-0.2, -0.15) is 0 Å². The molecule has 27 heavy (non-hydrogen) atoms. The van der Waals surface area contributed by atoms with E-state index in [1.807, 2.05) is 54.6 Å². The third kappa shape index (κ3) is 6.83. The zero-order valence-electron chi connectivity index (χ0n) is 15.5. The van der Waals surface area contributed by atoms with E-state index in [0.717, 1.165) is 48.9 Å². The van der Waals surface area contributed by atoms with Gasteiger partial charge in [-0.1, -0.05) is 66.2 Å². The van der Waals surface area contributed by atoms with Crippen LogP contribution in [0, 0.1) is 0 Å². The van der Waals surface area contributed by atoms with Crippen molar-refractivity contribution in [3.63, 3.8) is 0 Å². The number of piperazine rings is 1. The summed E-state index contributed by atoms with van der Waals surface area (Å²) in [6, 6.07) is 17.9. The van der Waals surface area contributed by atoms with Crippen molar-refractivity contribution >= 4 is 23.6 Å². The number of hydrogen-bond donors (Lipinski definition) is 1. The number of halogens is 1. The van der Waals surface area contributed by atoms with Crippen molar-refractivity contribution in [1.29, 1.82) is 0 Å². The molecule has 2 aromatic carbocycles. The van der Waals surface area contributed by atoms with Gasteiger partial charge in [-0.05, 0) is 23.3 Å². The maximum Gasteiger partial charge on any atom is 0.234 e. The molecule has 5 heteroatoms. The van der Waals surface area contributed by atoms with E-state index < -0.39 is 0 Å².